The smallest absolute Gasteiger partial charge is 0.241 e. The van der Waals surface area contributed by atoms with Crippen LogP contribution in [0.5, 0.6) is 0 Å². The zero-order valence-electron chi connectivity index (χ0n) is 26.0. The van der Waals surface area contributed by atoms with Crippen LogP contribution < -0.4 is 14.3 Å². The van der Waals surface area contributed by atoms with Gasteiger partial charge < -0.3 is 5.32 Å². The molecule has 2 aliphatic heterocycles. The van der Waals surface area contributed by atoms with Crippen LogP contribution in [-0.2, 0) is 21.4 Å². The minimum absolute atomic E-state index is 0.0517. The molecule has 11 heteroatoms. The summed E-state index contributed by atoms with van der Waals surface area (Å²) < 4.78 is 54.0. The molecule has 4 N–H and O–H groups in total. The molecule has 0 aromatic heterocycles. The molecule has 4 aromatic carbocycles. The van der Waals surface area contributed by atoms with E-state index in [1.54, 1.807) is 46.8 Å². The maximum absolute atomic E-state index is 13.7. The Morgan fingerprint density at radius 3 is 2.37 bits per heavy atom. The fourth-order valence-corrected chi connectivity index (χ4v) is 9.61. The molecule has 2 aliphatic rings. The van der Waals surface area contributed by atoms with Crippen molar-refractivity contribution in [3.63, 3.8) is 0 Å². The van der Waals surface area contributed by atoms with Crippen LogP contribution in [0.15, 0.2) is 95.9 Å². The van der Waals surface area contributed by atoms with Crippen LogP contribution in [-0.4, -0.2) is 53.7 Å². The van der Waals surface area contributed by atoms with Crippen LogP contribution in [0.4, 0.5) is 5.69 Å². The van der Waals surface area contributed by atoms with E-state index in [2.05, 4.69) is 21.0 Å². The maximum atomic E-state index is 13.7. The quantitative estimate of drug-likeness (QED) is 0.151. The van der Waals surface area contributed by atoms with Gasteiger partial charge in [-0.1, -0.05) is 79.2 Å². The predicted molar refractivity (Wildman–Crippen MR) is 185 cm³/mol. The molecule has 0 spiro atoms. The number of amides is 1. The van der Waals surface area contributed by atoms with E-state index >= 15 is 0 Å². The Hall–Kier alpha value is -3.45. The van der Waals surface area contributed by atoms with Crippen LogP contribution in [0.25, 0.3) is 10.8 Å². The molecular formula is C35H42N4O5S2. The lowest BCUT2D eigenvalue weighted by Gasteiger charge is -2.50. The first-order valence-corrected chi connectivity index (χ1v) is 19.0. The molecule has 6 rings (SSSR count). The number of rotatable bonds is 10. The highest BCUT2D eigenvalue weighted by Crippen LogP contribution is 2.54. The van der Waals surface area contributed by atoms with Gasteiger partial charge in [-0.25, -0.2) is 13.1 Å². The first kappa shape index (κ1) is 32.5. The lowest BCUT2D eigenvalue weighted by atomic mass is 10.0. The van der Waals surface area contributed by atoms with E-state index in [4.69, 9.17) is 0 Å². The summed E-state index contributed by atoms with van der Waals surface area (Å²) in [6, 6.07) is 26.1. The topological polar surface area (TPSA) is 122 Å². The van der Waals surface area contributed by atoms with Crippen molar-refractivity contribution in [3.8, 4) is 0 Å². The summed E-state index contributed by atoms with van der Waals surface area (Å²) in [4.78, 5) is 16.2. The summed E-state index contributed by atoms with van der Waals surface area (Å²) in [6.45, 7) is 5.19. The van der Waals surface area contributed by atoms with E-state index in [0.717, 1.165) is 41.5 Å². The summed E-state index contributed by atoms with van der Waals surface area (Å²) >= 11 is 0. The molecule has 0 unspecified atom stereocenters. The minimum atomic E-state index is -3.99. The zero-order chi connectivity index (χ0) is 32.3. The highest BCUT2D eigenvalue weighted by Gasteiger charge is 2.37. The molecular weight excluding hydrogens is 621 g/mol. The van der Waals surface area contributed by atoms with E-state index in [-0.39, 0.29) is 17.1 Å². The molecule has 2 heterocycles. The second-order valence-corrected chi connectivity index (χ2v) is 15.9. The van der Waals surface area contributed by atoms with Crippen LogP contribution in [0.2, 0.25) is 0 Å². The molecule has 4 aromatic rings. The van der Waals surface area contributed by atoms with Gasteiger partial charge in [-0.15, -0.1) is 10.8 Å². The first-order chi connectivity index (χ1) is 22.1. The third-order valence-corrected chi connectivity index (χ3v) is 12.3. The lowest BCUT2D eigenvalue weighted by molar-refractivity contribution is -0.122. The zero-order valence-corrected chi connectivity index (χ0v) is 27.6. The van der Waals surface area contributed by atoms with Gasteiger partial charge in [-0.3, -0.25) is 23.1 Å². The van der Waals surface area contributed by atoms with Crippen LogP contribution in [0, 0.1) is 0 Å². The van der Waals surface area contributed by atoms with E-state index in [1.807, 2.05) is 49.4 Å². The number of fused-ring (bicyclic) bond motifs is 2. The number of nitrogens with zero attached hydrogens (tertiary/aromatic N) is 2. The van der Waals surface area contributed by atoms with Crippen molar-refractivity contribution >= 4 is 43.2 Å². The monoisotopic (exact) mass is 662 g/mol. The molecule has 1 saturated heterocycles. The predicted octanol–water partition coefficient (Wildman–Crippen LogP) is 6.60. The average molecular weight is 663 g/mol. The van der Waals surface area contributed by atoms with Crippen molar-refractivity contribution in [2.45, 2.75) is 56.1 Å². The van der Waals surface area contributed by atoms with Crippen molar-refractivity contribution in [1.82, 2.24) is 14.9 Å². The van der Waals surface area contributed by atoms with Gasteiger partial charge in [-0.2, -0.15) is 0 Å². The SMILES string of the molecule is CCN1c2cc(CN3CCCCC3)ccc2[C@@H](NC(=O)C[C@@H](NS(=O)(=O)c2ccc3ccccc3c2)c2ccccc2)CS1(O)O. The van der Waals surface area contributed by atoms with Gasteiger partial charge in [0.25, 0.3) is 0 Å². The first-order valence-electron chi connectivity index (χ1n) is 15.9. The normalized spacial score (nSPS) is 19.7. The number of piperidine rings is 1. The number of carbonyl (C=O) groups excluding carboxylic acids is 1. The third-order valence-electron chi connectivity index (χ3n) is 8.88. The standard InChI is InChI=1S/C35H42N4O5S2/c1-2-39-34-21-26(24-38-19-9-4-10-20-38)15-18-31(34)33(25-45(39,41)42)36-35(40)23-32(28-12-5-3-6-13-28)37-46(43,44)30-17-16-27-11-7-8-14-29(27)22-30/h3,5-8,11-18,21-22,32-33,37,41-42H,2,4,9-10,19-20,23-25H2,1H3,(H,36,40)/t32-,33+/m1/s1. The lowest BCUT2D eigenvalue weighted by Crippen LogP contribution is -2.43. The number of anilines is 1. The number of hydrogen-bond acceptors (Lipinski definition) is 7. The summed E-state index contributed by atoms with van der Waals surface area (Å²) in [5, 5.41) is 4.75. The van der Waals surface area contributed by atoms with Crippen LogP contribution in [0.3, 0.4) is 0 Å². The summed E-state index contributed by atoms with van der Waals surface area (Å²) in [6.07, 6.45) is 3.45. The highest BCUT2D eigenvalue weighted by molar-refractivity contribution is 8.25. The summed E-state index contributed by atoms with van der Waals surface area (Å²) in [5.41, 5.74) is 3.27. The minimum Gasteiger partial charge on any atom is -0.347 e. The largest absolute Gasteiger partial charge is 0.347 e. The van der Waals surface area contributed by atoms with Crippen LogP contribution >= 0.6 is 10.8 Å². The number of likely N-dealkylation sites (tertiary alicyclic amines) is 1. The fraction of sp³-hybridized carbons (Fsp3) is 0.343. The van der Waals surface area contributed by atoms with E-state index in [0.29, 0.717) is 17.8 Å². The molecule has 46 heavy (non-hydrogen) atoms. The molecule has 9 nitrogen and oxygen atoms in total. The van der Waals surface area contributed by atoms with Crippen molar-refractivity contribution in [2.24, 2.45) is 0 Å². The average Bonchev–Trinajstić information content (AvgIpc) is 3.04. The Morgan fingerprint density at radius 1 is 0.913 bits per heavy atom. The summed E-state index contributed by atoms with van der Waals surface area (Å²) in [5.74, 6) is -0.451. The van der Waals surface area contributed by atoms with Gasteiger partial charge in [0.2, 0.25) is 15.9 Å². The second-order valence-electron chi connectivity index (χ2n) is 12.1. The molecule has 1 amide bonds. The molecule has 0 radical (unpaired) electrons. The van der Waals surface area contributed by atoms with E-state index < -0.39 is 38.8 Å². The van der Waals surface area contributed by atoms with Gasteiger partial charge in [0.1, 0.15) is 0 Å². The number of hydrogen-bond donors (Lipinski definition) is 4. The van der Waals surface area contributed by atoms with Crippen LogP contribution in [0.1, 0.15) is 61.4 Å². The van der Waals surface area contributed by atoms with Crippen molar-refractivity contribution in [1.29, 1.82) is 0 Å². The third kappa shape index (κ3) is 7.25. The maximum Gasteiger partial charge on any atom is 0.241 e. The Kier molecular flexibility index (Phi) is 9.69. The van der Waals surface area contributed by atoms with Gasteiger partial charge in [-0.05, 0) is 73.0 Å². The van der Waals surface area contributed by atoms with Crippen molar-refractivity contribution in [2.75, 3.05) is 29.7 Å². The molecule has 0 saturated carbocycles. The molecule has 2 atom stereocenters. The van der Waals surface area contributed by atoms with Gasteiger partial charge in [0, 0.05) is 25.1 Å². The van der Waals surface area contributed by atoms with Gasteiger partial charge in [0.15, 0.2) is 0 Å². The van der Waals surface area contributed by atoms with Crippen molar-refractivity contribution in [3.05, 3.63) is 108 Å². The Bertz CT molecular complexity index is 1800. The number of carbonyl (C=O) groups is 1. The number of sulfonamides is 1. The Morgan fingerprint density at radius 2 is 1.63 bits per heavy atom. The Balaban J connectivity index is 1.23. The van der Waals surface area contributed by atoms with Crippen molar-refractivity contribution < 1.29 is 22.3 Å². The fourth-order valence-electron chi connectivity index (χ4n) is 6.57. The van der Waals surface area contributed by atoms with Gasteiger partial charge >= 0.3 is 0 Å². The number of benzene rings is 4. The van der Waals surface area contributed by atoms with E-state index in [1.165, 1.54) is 19.3 Å². The van der Waals surface area contributed by atoms with E-state index in [9.17, 15) is 22.3 Å². The highest BCUT2D eigenvalue weighted by atomic mass is 32.3. The second kappa shape index (κ2) is 13.7. The molecule has 244 valence electrons. The van der Waals surface area contributed by atoms with Gasteiger partial charge in [0.05, 0.1) is 28.4 Å². The molecule has 1 fully saturated rings. The Labute approximate surface area is 273 Å². The molecule has 0 aliphatic carbocycles. The number of nitrogens with one attached hydrogen (secondary N) is 2. The molecule has 0 bridgehead atoms. The summed E-state index contributed by atoms with van der Waals surface area (Å²) in [7, 11) is -7.19.